The molecule has 0 unspecified atom stereocenters. The molecule has 0 radical (unpaired) electrons. The lowest BCUT2D eigenvalue weighted by atomic mass is 9.98. The zero-order chi connectivity index (χ0) is 18.1. The third-order valence-corrected chi connectivity index (χ3v) is 4.18. The molecule has 1 N–H and O–H groups in total. The van der Waals surface area contributed by atoms with Crippen molar-refractivity contribution in [2.75, 3.05) is 4.90 Å². The van der Waals surface area contributed by atoms with Gasteiger partial charge in [-0.2, -0.15) is 0 Å². The molecule has 0 aliphatic carbocycles. The molecule has 2 aromatic rings. The summed E-state index contributed by atoms with van der Waals surface area (Å²) in [6.45, 7) is 5.30. The summed E-state index contributed by atoms with van der Waals surface area (Å²) in [6, 6.07) is 11.5. The van der Waals surface area contributed by atoms with Crippen molar-refractivity contribution in [2.24, 2.45) is 0 Å². The molecule has 0 bridgehead atoms. The van der Waals surface area contributed by atoms with Gasteiger partial charge in [0.2, 0.25) is 0 Å². The van der Waals surface area contributed by atoms with Crippen LogP contribution in [-0.4, -0.2) is 22.5 Å². The van der Waals surface area contributed by atoms with Gasteiger partial charge in [0, 0.05) is 26.2 Å². The van der Waals surface area contributed by atoms with Gasteiger partial charge < -0.3 is 5.11 Å². The zero-order valence-corrected chi connectivity index (χ0v) is 15.9. The van der Waals surface area contributed by atoms with Gasteiger partial charge in [0.1, 0.15) is 0 Å². The van der Waals surface area contributed by atoms with E-state index in [9.17, 15) is 14.7 Å². The molecule has 2 rings (SSSR count). The molecule has 4 nitrogen and oxygen atoms in total. The van der Waals surface area contributed by atoms with E-state index in [0.29, 0.717) is 16.3 Å². The van der Waals surface area contributed by atoms with Gasteiger partial charge >= 0.3 is 6.09 Å². The molecule has 0 saturated carbocycles. The van der Waals surface area contributed by atoms with Crippen molar-refractivity contribution < 1.29 is 14.7 Å². The summed E-state index contributed by atoms with van der Waals surface area (Å²) in [6.07, 6.45) is -1.13. The van der Waals surface area contributed by atoms with Gasteiger partial charge in [0.15, 0.2) is 5.78 Å². The van der Waals surface area contributed by atoms with Gasteiger partial charge in [0.25, 0.3) is 0 Å². The van der Waals surface area contributed by atoms with Crippen LogP contribution in [0.2, 0.25) is 5.02 Å². The Labute approximate surface area is 154 Å². The number of anilines is 1. The molecule has 0 atom stereocenters. The predicted octanol–water partition coefficient (Wildman–Crippen LogP) is 5.62. The summed E-state index contributed by atoms with van der Waals surface area (Å²) in [5, 5.41) is 9.99. The first-order valence-electron chi connectivity index (χ1n) is 7.24. The van der Waals surface area contributed by atoms with Crippen molar-refractivity contribution >= 4 is 45.1 Å². The number of carbonyl (C=O) groups excluding carboxylic acids is 1. The highest BCUT2D eigenvalue weighted by Gasteiger charge is 2.31. The second-order valence-electron chi connectivity index (χ2n) is 6.29. The van der Waals surface area contributed by atoms with E-state index in [1.54, 1.807) is 57.2 Å². The fourth-order valence-corrected chi connectivity index (χ4v) is 2.83. The number of carboxylic acid groups (broad SMARTS) is 1. The second kappa shape index (κ2) is 6.95. The molecule has 0 fully saturated rings. The number of benzene rings is 2. The van der Waals surface area contributed by atoms with Crippen LogP contribution in [0.4, 0.5) is 10.5 Å². The molecule has 1 amide bonds. The first-order valence-corrected chi connectivity index (χ1v) is 8.41. The molecule has 0 aliphatic rings. The lowest BCUT2D eigenvalue weighted by Crippen LogP contribution is -2.45. The number of rotatable bonds is 3. The molecule has 0 spiro atoms. The molecule has 24 heavy (non-hydrogen) atoms. The van der Waals surface area contributed by atoms with Crippen LogP contribution in [0.3, 0.4) is 0 Å². The molecule has 0 heterocycles. The summed E-state index contributed by atoms with van der Waals surface area (Å²) in [5.74, 6) is -0.282. The Kier molecular flexibility index (Phi) is 5.35. The molecule has 2 aromatic carbocycles. The number of halogens is 2. The summed E-state index contributed by atoms with van der Waals surface area (Å²) in [5.41, 5.74) is 0.310. The van der Waals surface area contributed by atoms with Crippen molar-refractivity contribution in [3.63, 3.8) is 0 Å². The van der Waals surface area contributed by atoms with Crippen LogP contribution in [0.5, 0.6) is 0 Å². The van der Waals surface area contributed by atoms with Gasteiger partial charge in [-0.25, -0.2) is 4.79 Å². The minimum atomic E-state index is -1.13. The highest BCUT2D eigenvalue weighted by atomic mass is 79.9. The number of carbonyl (C=O) groups is 2. The zero-order valence-electron chi connectivity index (χ0n) is 13.5. The molecule has 6 heteroatoms. The van der Waals surface area contributed by atoms with Crippen LogP contribution in [0.1, 0.15) is 36.7 Å². The van der Waals surface area contributed by atoms with Crippen molar-refractivity contribution in [1.29, 1.82) is 0 Å². The molecular formula is C18H17BrClNO3. The average molecular weight is 411 g/mol. The number of hydrogen-bond acceptors (Lipinski definition) is 2. The van der Waals surface area contributed by atoms with Gasteiger partial charge in [-0.3, -0.25) is 9.69 Å². The van der Waals surface area contributed by atoms with E-state index < -0.39 is 11.6 Å². The number of nitrogens with zero attached hydrogens (tertiary/aromatic N) is 1. The Morgan fingerprint density at radius 3 is 2.17 bits per heavy atom. The number of ketones is 1. The quantitative estimate of drug-likeness (QED) is 0.668. The number of hydrogen-bond donors (Lipinski definition) is 1. The van der Waals surface area contributed by atoms with Gasteiger partial charge in [-0.05, 0) is 63.2 Å². The molecule has 0 aliphatic heterocycles. The average Bonchev–Trinajstić information content (AvgIpc) is 2.47. The van der Waals surface area contributed by atoms with E-state index in [1.807, 2.05) is 0 Å². The predicted molar refractivity (Wildman–Crippen MR) is 99.3 cm³/mol. The van der Waals surface area contributed by atoms with Crippen molar-refractivity contribution in [2.45, 2.75) is 26.3 Å². The Hall–Kier alpha value is -1.85. The molecule has 0 saturated heterocycles. The summed E-state index contributed by atoms with van der Waals surface area (Å²) >= 11 is 9.37. The fourth-order valence-electron chi connectivity index (χ4n) is 2.39. The van der Waals surface area contributed by atoms with E-state index in [4.69, 9.17) is 11.6 Å². The lowest BCUT2D eigenvalue weighted by molar-refractivity contribution is 0.103. The third kappa shape index (κ3) is 3.97. The maximum atomic E-state index is 12.9. The summed E-state index contributed by atoms with van der Waals surface area (Å²) in [7, 11) is 0. The Morgan fingerprint density at radius 1 is 1.08 bits per heavy atom. The maximum Gasteiger partial charge on any atom is 0.412 e. The molecular weight excluding hydrogens is 394 g/mol. The van der Waals surface area contributed by atoms with Gasteiger partial charge in [0.05, 0.1) is 5.69 Å². The topological polar surface area (TPSA) is 57.6 Å². The summed E-state index contributed by atoms with van der Waals surface area (Å²) in [4.78, 5) is 25.8. The SMILES string of the molecule is CC(C)(C)N(C(=O)O)c1ccc(Cl)cc1C(=O)c1ccc(Br)cc1. The monoisotopic (exact) mass is 409 g/mol. The van der Waals surface area contributed by atoms with Crippen LogP contribution in [0, 0.1) is 0 Å². The smallest absolute Gasteiger partial charge is 0.412 e. The first-order chi connectivity index (χ1) is 11.1. The third-order valence-electron chi connectivity index (χ3n) is 3.41. The molecule has 0 aromatic heterocycles. The van der Waals surface area contributed by atoms with E-state index in [1.165, 1.54) is 11.0 Å². The number of amides is 1. The standard InChI is InChI=1S/C18H17BrClNO3/c1-18(2,3)21(17(23)24)15-9-8-13(20)10-14(15)16(22)11-4-6-12(19)7-5-11/h4-10H,1-3H3,(H,23,24). The lowest BCUT2D eigenvalue weighted by Gasteiger charge is -2.34. The van der Waals surface area contributed by atoms with Crippen LogP contribution < -0.4 is 4.90 Å². The van der Waals surface area contributed by atoms with Gasteiger partial charge in [-0.15, -0.1) is 0 Å². The van der Waals surface area contributed by atoms with E-state index >= 15 is 0 Å². The Balaban J connectivity index is 2.61. The minimum Gasteiger partial charge on any atom is -0.465 e. The Bertz CT molecular complexity index is 782. The van der Waals surface area contributed by atoms with Crippen molar-refractivity contribution in [3.8, 4) is 0 Å². The van der Waals surface area contributed by atoms with Crippen molar-refractivity contribution in [1.82, 2.24) is 0 Å². The van der Waals surface area contributed by atoms with E-state index in [0.717, 1.165) is 4.47 Å². The van der Waals surface area contributed by atoms with Crippen LogP contribution in [0.15, 0.2) is 46.9 Å². The van der Waals surface area contributed by atoms with Crippen LogP contribution in [0.25, 0.3) is 0 Å². The highest BCUT2D eigenvalue weighted by molar-refractivity contribution is 9.10. The normalized spacial score (nSPS) is 11.2. The maximum absolute atomic E-state index is 12.9. The second-order valence-corrected chi connectivity index (χ2v) is 7.64. The fraction of sp³-hybridized carbons (Fsp3) is 0.222. The first kappa shape index (κ1) is 18.5. The van der Waals surface area contributed by atoms with E-state index in [-0.39, 0.29) is 11.3 Å². The van der Waals surface area contributed by atoms with Crippen molar-refractivity contribution in [3.05, 3.63) is 63.1 Å². The highest BCUT2D eigenvalue weighted by Crippen LogP contribution is 2.31. The van der Waals surface area contributed by atoms with Crippen LogP contribution in [-0.2, 0) is 0 Å². The van der Waals surface area contributed by atoms with Crippen LogP contribution >= 0.6 is 27.5 Å². The Morgan fingerprint density at radius 2 is 1.67 bits per heavy atom. The summed E-state index contributed by atoms with van der Waals surface area (Å²) < 4.78 is 0.854. The largest absolute Gasteiger partial charge is 0.465 e. The van der Waals surface area contributed by atoms with E-state index in [2.05, 4.69) is 15.9 Å². The van der Waals surface area contributed by atoms with Gasteiger partial charge in [-0.1, -0.05) is 27.5 Å². The molecule has 126 valence electrons. The minimum absolute atomic E-state index is 0.252.